The maximum Gasteiger partial charge on any atom is 0.152 e. The summed E-state index contributed by atoms with van der Waals surface area (Å²) in [5.41, 5.74) is 5.42. The molecule has 1 aromatic heterocycles. The number of benzene rings is 2. The van der Waals surface area contributed by atoms with Crippen LogP contribution in [0.25, 0.3) is 22.0 Å². The number of aromatic nitrogens is 1. The first-order chi connectivity index (χ1) is 12.1. The second-order valence-electron chi connectivity index (χ2n) is 6.54. The Balaban J connectivity index is 0.000000880. The van der Waals surface area contributed by atoms with Crippen LogP contribution in [0.3, 0.4) is 0 Å². The highest BCUT2D eigenvalue weighted by molar-refractivity contribution is 5.99. The van der Waals surface area contributed by atoms with Crippen LogP contribution in [-0.2, 0) is 5.60 Å². The molecule has 4 rings (SSSR count). The number of aryl methyl sites for hydroxylation is 1. The van der Waals surface area contributed by atoms with Gasteiger partial charge in [-0.1, -0.05) is 38.1 Å². The van der Waals surface area contributed by atoms with E-state index in [0.717, 1.165) is 58.7 Å². The van der Waals surface area contributed by atoms with E-state index in [9.17, 15) is 9.90 Å². The van der Waals surface area contributed by atoms with Crippen molar-refractivity contribution >= 4 is 17.2 Å². The zero-order valence-electron chi connectivity index (χ0n) is 15.1. The zero-order chi connectivity index (χ0) is 18.0. The summed E-state index contributed by atoms with van der Waals surface area (Å²) in [5.74, 6) is 0. The minimum atomic E-state index is -0.622. The Morgan fingerprint density at radius 3 is 2.36 bits per heavy atom. The van der Waals surface area contributed by atoms with Crippen LogP contribution in [0.4, 0.5) is 0 Å². The van der Waals surface area contributed by atoms with Crippen molar-refractivity contribution < 1.29 is 9.90 Å². The number of aliphatic hydroxyl groups is 1. The Labute approximate surface area is 148 Å². The molecule has 0 bridgehead atoms. The third-order valence-corrected chi connectivity index (χ3v) is 5.10. The Morgan fingerprint density at radius 1 is 1.12 bits per heavy atom. The van der Waals surface area contributed by atoms with Crippen LogP contribution in [0.5, 0.6) is 0 Å². The van der Waals surface area contributed by atoms with Gasteiger partial charge < -0.3 is 10.1 Å². The lowest BCUT2D eigenvalue weighted by Gasteiger charge is -2.37. The molecule has 25 heavy (non-hydrogen) atoms. The van der Waals surface area contributed by atoms with E-state index >= 15 is 0 Å². The molecule has 0 aliphatic heterocycles. The maximum atomic E-state index is 11.2. The fourth-order valence-corrected chi connectivity index (χ4v) is 3.47. The number of H-pyrrole nitrogens is 1. The van der Waals surface area contributed by atoms with Gasteiger partial charge >= 0.3 is 0 Å². The molecule has 0 amide bonds. The van der Waals surface area contributed by atoms with E-state index in [4.69, 9.17) is 0 Å². The molecule has 0 atom stereocenters. The topological polar surface area (TPSA) is 53.1 Å². The molecule has 0 saturated heterocycles. The van der Waals surface area contributed by atoms with Gasteiger partial charge in [-0.3, -0.25) is 4.79 Å². The van der Waals surface area contributed by atoms with Crippen molar-refractivity contribution in [3.63, 3.8) is 0 Å². The lowest BCUT2D eigenvalue weighted by atomic mass is 9.75. The summed E-state index contributed by atoms with van der Waals surface area (Å²) in [6.45, 7) is 6.07. The molecule has 2 N–H and O–H groups in total. The highest BCUT2D eigenvalue weighted by atomic mass is 16.3. The van der Waals surface area contributed by atoms with Gasteiger partial charge in [-0.25, -0.2) is 0 Å². The fraction of sp³-hybridized carbons (Fsp3) is 0.318. The third kappa shape index (κ3) is 3.00. The molecule has 3 nitrogen and oxygen atoms in total. The normalized spacial score (nSPS) is 15.2. The number of aldehydes is 1. The molecule has 1 saturated carbocycles. The van der Waals surface area contributed by atoms with Crippen LogP contribution in [0, 0.1) is 6.92 Å². The lowest BCUT2D eigenvalue weighted by molar-refractivity contribution is -0.0387. The summed E-state index contributed by atoms with van der Waals surface area (Å²) in [6.07, 6.45) is 5.42. The van der Waals surface area contributed by atoms with E-state index in [2.05, 4.69) is 36.2 Å². The average molecular weight is 335 g/mol. The van der Waals surface area contributed by atoms with Gasteiger partial charge in [-0.05, 0) is 60.6 Å². The van der Waals surface area contributed by atoms with Gasteiger partial charge in [-0.2, -0.15) is 0 Å². The van der Waals surface area contributed by atoms with Gasteiger partial charge in [0, 0.05) is 22.7 Å². The minimum Gasteiger partial charge on any atom is -0.385 e. The summed E-state index contributed by atoms with van der Waals surface area (Å²) in [6, 6.07) is 12.3. The van der Waals surface area contributed by atoms with Gasteiger partial charge in [0.2, 0.25) is 0 Å². The van der Waals surface area contributed by atoms with Crippen LogP contribution in [0.15, 0.2) is 42.6 Å². The maximum absolute atomic E-state index is 11.2. The number of fused-ring (bicyclic) bond motifs is 1. The molecule has 1 fully saturated rings. The summed E-state index contributed by atoms with van der Waals surface area (Å²) < 4.78 is 0. The number of aromatic amines is 1. The Morgan fingerprint density at radius 2 is 1.80 bits per heavy atom. The molecule has 2 aromatic carbocycles. The van der Waals surface area contributed by atoms with E-state index < -0.39 is 5.60 Å². The first-order valence-corrected chi connectivity index (χ1v) is 9.01. The third-order valence-electron chi connectivity index (χ3n) is 5.10. The van der Waals surface area contributed by atoms with Crippen LogP contribution in [0.2, 0.25) is 0 Å². The van der Waals surface area contributed by atoms with Crippen molar-refractivity contribution in [1.29, 1.82) is 0 Å². The predicted molar refractivity (Wildman–Crippen MR) is 103 cm³/mol. The molecular formula is C22H25NO2. The number of hydrogen-bond acceptors (Lipinski definition) is 2. The predicted octanol–water partition coefficient (Wildman–Crippen LogP) is 5.35. The van der Waals surface area contributed by atoms with E-state index in [1.807, 2.05) is 26.0 Å². The van der Waals surface area contributed by atoms with Gasteiger partial charge in [-0.15, -0.1) is 0 Å². The summed E-state index contributed by atoms with van der Waals surface area (Å²) in [4.78, 5) is 14.3. The van der Waals surface area contributed by atoms with E-state index in [1.54, 1.807) is 6.20 Å². The quantitative estimate of drug-likeness (QED) is 0.634. The molecule has 130 valence electrons. The number of rotatable bonds is 3. The van der Waals surface area contributed by atoms with E-state index in [1.165, 1.54) is 0 Å². The molecule has 3 aromatic rings. The average Bonchev–Trinajstić information content (AvgIpc) is 3.02. The highest BCUT2D eigenvalue weighted by Crippen LogP contribution is 2.41. The van der Waals surface area contributed by atoms with Crippen molar-refractivity contribution in [3.05, 3.63) is 59.3 Å². The minimum absolute atomic E-state index is 0.622. The molecule has 1 aliphatic carbocycles. The summed E-state index contributed by atoms with van der Waals surface area (Å²) >= 11 is 0. The van der Waals surface area contributed by atoms with Crippen LogP contribution >= 0.6 is 0 Å². The van der Waals surface area contributed by atoms with Gasteiger partial charge in [0.1, 0.15) is 0 Å². The summed E-state index contributed by atoms with van der Waals surface area (Å²) in [7, 11) is 0. The van der Waals surface area contributed by atoms with E-state index in [0.29, 0.717) is 5.56 Å². The zero-order valence-corrected chi connectivity index (χ0v) is 15.1. The molecule has 0 radical (unpaired) electrons. The van der Waals surface area contributed by atoms with Crippen molar-refractivity contribution in [2.75, 3.05) is 0 Å². The van der Waals surface area contributed by atoms with Crippen molar-refractivity contribution in [2.24, 2.45) is 0 Å². The Kier molecular flexibility index (Phi) is 4.78. The number of hydrogen-bond donors (Lipinski definition) is 2. The van der Waals surface area contributed by atoms with Crippen LogP contribution in [0.1, 0.15) is 54.6 Å². The van der Waals surface area contributed by atoms with Crippen LogP contribution in [-0.4, -0.2) is 16.4 Å². The monoisotopic (exact) mass is 335 g/mol. The number of carbonyl (C=O) groups excluding carboxylic acids is 1. The van der Waals surface area contributed by atoms with Crippen LogP contribution < -0.4 is 0 Å². The molecule has 0 unspecified atom stereocenters. The Hall–Kier alpha value is -2.39. The van der Waals surface area contributed by atoms with Gasteiger partial charge in [0.05, 0.1) is 5.60 Å². The fourth-order valence-electron chi connectivity index (χ4n) is 3.47. The first-order valence-electron chi connectivity index (χ1n) is 9.01. The van der Waals surface area contributed by atoms with Gasteiger partial charge in [0.25, 0.3) is 0 Å². The second kappa shape index (κ2) is 6.85. The largest absolute Gasteiger partial charge is 0.385 e. The van der Waals surface area contributed by atoms with Crippen molar-refractivity contribution in [1.82, 2.24) is 4.98 Å². The van der Waals surface area contributed by atoms with Crippen molar-refractivity contribution in [3.8, 4) is 11.1 Å². The van der Waals surface area contributed by atoms with Gasteiger partial charge in [0.15, 0.2) is 6.29 Å². The first kappa shape index (κ1) is 17.4. The van der Waals surface area contributed by atoms with Crippen molar-refractivity contribution in [2.45, 2.75) is 45.6 Å². The standard InChI is InChI=1S/C20H19NO2.C2H6/c1-13-9-19-18(15(12-22)11-21-19)10-17(13)14-3-5-16(6-4-14)20(23)7-2-8-20;1-2/h3-6,9-12,21,23H,2,7-8H2,1H3;1-2H3. The molecule has 1 aliphatic rings. The lowest BCUT2D eigenvalue weighted by Crippen LogP contribution is -2.33. The smallest absolute Gasteiger partial charge is 0.152 e. The molecule has 0 spiro atoms. The highest BCUT2D eigenvalue weighted by Gasteiger charge is 2.35. The number of carbonyl (C=O) groups is 1. The second-order valence-corrected chi connectivity index (χ2v) is 6.54. The molecule has 1 heterocycles. The summed E-state index contributed by atoms with van der Waals surface area (Å²) in [5, 5.41) is 11.4. The SMILES string of the molecule is CC.Cc1cc2[nH]cc(C=O)c2cc1-c1ccc(C2(O)CCC2)cc1. The Bertz CT molecular complexity index is 886. The van der Waals surface area contributed by atoms with E-state index in [-0.39, 0.29) is 0 Å². The molecular weight excluding hydrogens is 310 g/mol. The molecule has 3 heteroatoms. The number of nitrogens with one attached hydrogen (secondary N) is 1.